The van der Waals surface area contributed by atoms with Crippen LogP contribution in [0.1, 0.15) is 5.56 Å². The van der Waals surface area contributed by atoms with E-state index in [0.29, 0.717) is 15.8 Å². The van der Waals surface area contributed by atoms with Crippen molar-refractivity contribution >= 4 is 51.3 Å². The summed E-state index contributed by atoms with van der Waals surface area (Å²) in [5, 5.41) is 4.85. The van der Waals surface area contributed by atoms with Crippen LogP contribution in [0.5, 0.6) is 5.75 Å². The second-order valence-electron chi connectivity index (χ2n) is 4.21. The molecule has 0 fully saturated rings. The van der Waals surface area contributed by atoms with Crippen molar-refractivity contribution in [3.63, 3.8) is 0 Å². The molecule has 1 amide bonds. The zero-order valence-electron chi connectivity index (χ0n) is 11.2. The molecule has 2 rings (SSSR count). The molecule has 0 aliphatic heterocycles. The molecule has 4 nitrogen and oxygen atoms in total. The highest BCUT2D eigenvalue weighted by Crippen LogP contribution is 2.27. The molecule has 0 radical (unpaired) electrons. The van der Waals surface area contributed by atoms with E-state index >= 15 is 0 Å². The Bertz CT molecular complexity index is 708. The molecule has 0 spiro atoms. The van der Waals surface area contributed by atoms with Crippen LogP contribution in [0.4, 0.5) is 0 Å². The number of hydrazone groups is 1. The number of ether oxygens (including phenoxy) is 1. The number of nitrogens with zero attached hydrogens (tertiary/aromatic N) is 1. The van der Waals surface area contributed by atoms with Gasteiger partial charge in [0.25, 0.3) is 5.91 Å². The Hall–Kier alpha value is -1.56. The minimum Gasteiger partial charge on any atom is -0.482 e. The first kappa shape index (κ1) is 16.8. The standard InChI is InChI=1S/C15H11BrCl2N2O2/c16-11-4-5-14(13(18)7-11)22-9-15(21)20-19-8-10-2-1-3-12(17)6-10/h1-8H,9H2,(H,20,21)/b19-8+. The van der Waals surface area contributed by atoms with Crippen molar-refractivity contribution < 1.29 is 9.53 Å². The molecule has 0 saturated carbocycles. The third-order valence-electron chi connectivity index (χ3n) is 2.50. The van der Waals surface area contributed by atoms with Gasteiger partial charge in [-0.25, -0.2) is 5.43 Å². The zero-order valence-corrected chi connectivity index (χ0v) is 14.3. The van der Waals surface area contributed by atoms with Gasteiger partial charge in [0.2, 0.25) is 0 Å². The molecule has 1 N–H and O–H groups in total. The van der Waals surface area contributed by atoms with Crippen LogP contribution >= 0.6 is 39.1 Å². The van der Waals surface area contributed by atoms with Gasteiger partial charge in [-0.2, -0.15) is 5.10 Å². The summed E-state index contributed by atoms with van der Waals surface area (Å²) in [6, 6.07) is 12.2. The average molecular weight is 402 g/mol. The van der Waals surface area contributed by atoms with Crippen molar-refractivity contribution in [2.24, 2.45) is 5.10 Å². The maximum atomic E-state index is 11.6. The average Bonchev–Trinajstić information content (AvgIpc) is 2.46. The third-order valence-corrected chi connectivity index (χ3v) is 3.53. The highest BCUT2D eigenvalue weighted by Gasteiger charge is 2.05. The minimum absolute atomic E-state index is 0.186. The van der Waals surface area contributed by atoms with Gasteiger partial charge in [0.1, 0.15) is 5.75 Å². The van der Waals surface area contributed by atoms with E-state index in [1.54, 1.807) is 36.4 Å². The summed E-state index contributed by atoms with van der Waals surface area (Å²) in [5.41, 5.74) is 3.14. The molecule has 0 aliphatic carbocycles. The monoisotopic (exact) mass is 400 g/mol. The van der Waals surface area contributed by atoms with Crippen molar-refractivity contribution in [3.8, 4) is 5.75 Å². The van der Waals surface area contributed by atoms with Crippen molar-refractivity contribution in [1.82, 2.24) is 5.43 Å². The van der Waals surface area contributed by atoms with Gasteiger partial charge in [-0.15, -0.1) is 0 Å². The summed E-state index contributed by atoms with van der Waals surface area (Å²) < 4.78 is 6.15. The van der Waals surface area contributed by atoms with E-state index in [1.807, 2.05) is 6.07 Å². The summed E-state index contributed by atoms with van der Waals surface area (Å²) in [5.74, 6) is 0.0381. The van der Waals surface area contributed by atoms with Gasteiger partial charge in [-0.05, 0) is 35.9 Å². The Morgan fingerprint density at radius 3 is 2.82 bits per heavy atom. The molecule has 7 heteroatoms. The first-order valence-electron chi connectivity index (χ1n) is 6.20. The normalized spacial score (nSPS) is 10.7. The maximum Gasteiger partial charge on any atom is 0.277 e. The van der Waals surface area contributed by atoms with Crippen molar-refractivity contribution in [1.29, 1.82) is 0 Å². The molecule has 0 atom stereocenters. The lowest BCUT2D eigenvalue weighted by Crippen LogP contribution is -2.24. The second kappa shape index (κ2) is 8.17. The zero-order chi connectivity index (χ0) is 15.9. The summed E-state index contributed by atoms with van der Waals surface area (Å²) in [7, 11) is 0. The number of amides is 1. The van der Waals surface area contributed by atoms with E-state index in [-0.39, 0.29) is 6.61 Å². The van der Waals surface area contributed by atoms with Gasteiger partial charge in [0, 0.05) is 9.50 Å². The Balaban J connectivity index is 1.83. The number of benzene rings is 2. The van der Waals surface area contributed by atoms with E-state index in [4.69, 9.17) is 27.9 Å². The molecular formula is C15H11BrCl2N2O2. The summed E-state index contributed by atoms with van der Waals surface area (Å²) in [4.78, 5) is 11.6. The van der Waals surface area contributed by atoms with Crippen molar-refractivity contribution in [2.45, 2.75) is 0 Å². The molecule has 0 unspecified atom stereocenters. The lowest BCUT2D eigenvalue weighted by atomic mass is 10.2. The fourth-order valence-electron chi connectivity index (χ4n) is 1.53. The molecule has 0 heterocycles. The lowest BCUT2D eigenvalue weighted by Gasteiger charge is -2.07. The number of hydrogen-bond donors (Lipinski definition) is 1. The highest BCUT2D eigenvalue weighted by atomic mass is 79.9. The molecule has 0 bridgehead atoms. The Labute approximate surface area is 146 Å². The SMILES string of the molecule is O=C(COc1ccc(Br)cc1Cl)N/N=C/c1cccc(Cl)c1. The van der Waals surface area contributed by atoms with Crippen LogP contribution < -0.4 is 10.2 Å². The van der Waals surface area contributed by atoms with E-state index < -0.39 is 5.91 Å². The summed E-state index contributed by atoms with van der Waals surface area (Å²) in [6.45, 7) is -0.186. The van der Waals surface area contributed by atoms with Crippen LogP contribution in [-0.4, -0.2) is 18.7 Å². The van der Waals surface area contributed by atoms with Crippen LogP contribution in [0, 0.1) is 0 Å². The van der Waals surface area contributed by atoms with Crippen LogP contribution in [0.25, 0.3) is 0 Å². The number of halogens is 3. The number of hydrogen-bond acceptors (Lipinski definition) is 3. The van der Waals surface area contributed by atoms with Crippen LogP contribution in [0.15, 0.2) is 52.0 Å². The number of carbonyl (C=O) groups is 1. The van der Waals surface area contributed by atoms with E-state index in [2.05, 4.69) is 26.5 Å². The highest BCUT2D eigenvalue weighted by molar-refractivity contribution is 9.10. The van der Waals surface area contributed by atoms with E-state index in [1.165, 1.54) is 6.21 Å². The molecule has 0 saturated heterocycles. The van der Waals surface area contributed by atoms with Crippen LogP contribution in [-0.2, 0) is 4.79 Å². The Morgan fingerprint density at radius 1 is 1.27 bits per heavy atom. The van der Waals surface area contributed by atoms with Gasteiger partial charge in [-0.3, -0.25) is 4.79 Å². The predicted molar refractivity (Wildman–Crippen MR) is 91.8 cm³/mol. The first-order valence-corrected chi connectivity index (χ1v) is 7.75. The van der Waals surface area contributed by atoms with E-state index in [9.17, 15) is 4.79 Å². The largest absolute Gasteiger partial charge is 0.482 e. The molecule has 0 aliphatic rings. The summed E-state index contributed by atoms with van der Waals surface area (Å²) >= 11 is 15.1. The minimum atomic E-state index is -0.391. The number of carbonyl (C=O) groups excluding carboxylic acids is 1. The summed E-state index contributed by atoms with van der Waals surface area (Å²) in [6.07, 6.45) is 1.50. The van der Waals surface area contributed by atoms with Crippen LogP contribution in [0.2, 0.25) is 10.0 Å². The van der Waals surface area contributed by atoms with Crippen molar-refractivity contribution in [2.75, 3.05) is 6.61 Å². The van der Waals surface area contributed by atoms with Gasteiger partial charge in [0.05, 0.1) is 11.2 Å². The van der Waals surface area contributed by atoms with Gasteiger partial charge in [-0.1, -0.05) is 51.3 Å². The third kappa shape index (κ3) is 5.33. The van der Waals surface area contributed by atoms with Crippen molar-refractivity contribution in [3.05, 3.63) is 62.5 Å². The lowest BCUT2D eigenvalue weighted by molar-refractivity contribution is -0.123. The molecule has 2 aromatic carbocycles. The van der Waals surface area contributed by atoms with Gasteiger partial charge in [0.15, 0.2) is 6.61 Å². The molecule has 22 heavy (non-hydrogen) atoms. The van der Waals surface area contributed by atoms with Crippen LogP contribution in [0.3, 0.4) is 0 Å². The first-order chi connectivity index (χ1) is 10.5. The van der Waals surface area contributed by atoms with E-state index in [0.717, 1.165) is 10.0 Å². The smallest absolute Gasteiger partial charge is 0.277 e. The predicted octanol–water partition coefficient (Wildman–Crippen LogP) is 4.29. The molecule has 2 aromatic rings. The number of rotatable bonds is 5. The second-order valence-corrected chi connectivity index (χ2v) is 5.97. The maximum absolute atomic E-state index is 11.6. The number of nitrogens with one attached hydrogen (secondary N) is 1. The fraction of sp³-hybridized carbons (Fsp3) is 0.0667. The Kier molecular flexibility index (Phi) is 6.24. The Morgan fingerprint density at radius 2 is 2.09 bits per heavy atom. The fourth-order valence-corrected chi connectivity index (χ4v) is 2.46. The quantitative estimate of drug-likeness (QED) is 0.600. The molecule has 114 valence electrons. The van der Waals surface area contributed by atoms with Gasteiger partial charge >= 0.3 is 0 Å². The topological polar surface area (TPSA) is 50.7 Å². The molecular weight excluding hydrogens is 391 g/mol. The van der Waals surface area contributed by atoms with Gasteiger partial charge < -0.3 is 4.74 Å². The molecule has 0 aromatic heterocycles.